The molecule has 0 saturated heterocycles. The van der Waals surface area contributed by atoms with Crippen LogP contribution in [0, 0.1) is 11.8 Å². The van der Waals surface area contributed by atoms with Crippen molar-refractivity contribution in [3.8, 4) is 5.88 Å². The normalized spacial score (nSPS) is 22.9. The van der Waals surface area contributed by atoms with E-state index in [1.807, 2.05) is 12.3 Å². The molecule has 1 aromatic rings. The quantitative estimate of drug-likeness (QED) is 0.640. The maximum Gasteiger partial charge on any atom is 0.213 e. The van der Waals surface area contributed by atoms with Crippen LogP contribution in [-0.2, 0) is 15.9 Å². The zero-order chi connectivity index (χ0) is 17.5. The molecule has 24 heavy (non-hydrogen) atoms. The molecule has 1 heterocycles. The lowest BCUT2D eigenvalue weighted by Gasteiger charge is -2.35. The first-order valence-corrected chi connectivity index (χ1v) is 9.22. The van der Waals surface area contributed by atoms with Crippen molar-refractivity contribution in [2.24, 2.45) is 11.8 Å². The number of methoxy groups -OCH3 is 1. The Hall–Kier alpha value is -1.13. The van der Waals surface area contributed by atoms with Gasteiger partial charge in [0, 0.05) is 38.8 Å². The van der Waals surface area contributed by atoms with Crippen molar-refractivity contribution >= 4 is 0 Å². The highest BCUT2D eigenvalue weighted by atomic mass is 16.5. The van der Waals surface area contributed by atoms with Gasteiger partial charge in [-0.25, -0.2) is 4.98 Å². The highest BCUT2D eigenvalue weighted by molar-refractivity contribution is 5.18. The Kier molecular flexibility index (Phi) is 7.50. The van der Waals surface area contributed by atoms with E-state index in [1.54, 1.807) is 7.11 Å². The second-order valence-electron chi connectivity index (χ2n) is 7.63. The van der Waals surface area contributed by atoms with Gasteiger partial charge in [0.1, 0.15) is 6.10 Å². The number of hydrogen-bond acceptors (Lipinski definition) is 4. The summed E-state index contributed by atoms with van der Waals surface area (Å²) in [6.07, 6.45) is 7.01. The minimum absolute atomic E-state index is 0.251. The van der Waals surface area contributed by atoms with Gasteiger partial charge in [0.15, 0.2) is 0 Å². The first-order valence-electron chi connectivity index (χ1n) is 9.22. The number of pyridine rings is 1. The SMILES string of the molecule is COCC(C)CC(C)Cc1ccc(OC2CC(OC(C)C)C2)nc1. The van der Waals surface area contributed by atoms with E-state index in [-0.39, 0.29) is 6.10 Å². The van der Waals surface area contributed by atoms with E-state index in [1.165, 1.54) is 12.0 Å². The first-order chi connectivity index (χ1) is 11.5. The zero-order valence-corrected chi connectivity index (χ0v) is 15.8. The summed E-state index contributed by atoms with van der Waals surface area (Å²) in [7, 11) is 1.77. The van der Waals surface area contributed by atoms with Crippen LogP contribution in [0.5, 0.6) is 5.88 Å². The van der Waals surface area contributed by atoms with Crippen molar-refractivity contribution in [3.63, 3.8) is 0 Å². The topological polar surface area (TPSA) is 40.6 Å². The summed E-state index contributed by atoms with van der Waals surface area (Å²) in [4.78, 5) is 4.47. The highest BCUT2D eigenvalue weighted by Gasteiger charge is 2.32. The fourth-order valence-corrected chi connectivity index (χ4v) is 3.41. The van der Waals surface area contributed by atoms with Gasteiger partial charge in [-0.15, -0.1) is 0 Å². The van der Waals surface area contributed by atoms with E-state index in [0.29, 0.717) is 24.0 Å². The Morgan fingerprint density at radius 2 is 1.83 bits per heavy atom. The summed E-state index contributed by atoms with van der Waals surface area (Å²) in [5.74, 6) is 1.96. The van der Waals surface area contributed by atoms with Gasteiger partial charge in [-0.3, -0.25) is 0 Å². The summed E-state index contributed by atoms with van der Waals surface area (Å²) in [6, 6.07) is 4.14. The molecule has 0 spiro atoms. The predicted octanol–water partition coefficient (Wildman–Crippen LogP) is 4.27. The Morgan fingerprint density at radius 1 is 1.08 bits per heavy atom. The monoisotopic (exact) mass is 335 g/mol. The van der Waals surface area contributed by atoms with Crippen LogP contribution in [0.25, 0.3) is 0 Å². The van der Waals surface area contributed by atoms with Crippen LogP contribution in [0.2, 0.25) is 0 Å². The van der Waals surface area contributed by atoms with Gasteiger partial charge < -0.3 is 14.2 Å². The Bertz CT molecular complexity index is 468. The van der Waals surface area contributed by atoms with Gasteiger partial charge in [0.25, 0.3) is 0 Å². The maximum absolute atomic E-state index is 5.91. The molecule has 0 N–H and O–H groups in total. The van der Waals surface area contributed by atoms with Crippen LogP contribution < -0.4 is 4.74 Å². The molecule has 0 bridgehead atoms. The van der Waals surface area contributed by atoms with Crippen molar-refractivity contribution in [2.45, 2.75) is 71.7 Å². The maximum atomic E-state index is 5.91. The fraction of sp³-hybridized carbons (Fsp3) is 0.750. The Balaban J connectivity index is 1.71. The van der Waals surface area contributed by atoms with Gasteiger partial charge in [0.2, 0.25) is 5.88 Å². The molecule has 1 saturated carbocycles. The molecule has 136 valence electrons. The smallest absolute Gasteiger partial charge is 0.213 e. The third kappa shape index (κ3) is 6.40. The second-order valence-corrected chi connectivity index (χ2v) is 7.63. The van der Waals surface area contributed by atoms with Crippen molar-refractivity contribution in [1.29, 1.82) is 0 Å². The molecule has 2 rings (SSSR count). The van der Waals surface area contributed by atoms with Crippen LogP contribution in [0.3, 0.4) is 0 Å². The van der Waals surface area contributed by atoms with E-state index >= 15 is 0 Å². The molecule has 1 aliphatic rings. The molecule has 2 unspecified atom stereocenters. The predicted molar refractivity (Wildman–Crippen MR) is 96.4 cm³/mol. The van der Waals surface area contributed by atoms with Crippen LogP contribution in [0.15, 0.2) is 18.3 Å². The van der Waals surface area contributed by atoms with Crippen LogP contribution in [0.4, 0.5) is 0 Å². The van der Waals surface area contributed by atoms with Gasteiger partial charge in [-0.05, 0) is 44.1 Å². The molecular formula is C20H33NO3. The Morgan fingerprint density at radius 3 is 2.42 bits per heavy atom. The average molecular weight is 335 g/mol. The van der Waals surface area contributed by atoms with Crippen LogP contribution in [0.1, 0.15) is 52.5 Å². The third-order valence-electron chi connectivity index (χ3n) is 4.44. The summed E-state index contributed by atoms with van der Waals surface area (Å²) in [5, 5.41) is 0. The van der Waals surface area contributed by atoms with Crippen molar-refractivity contribution < 1.29 is 14.2 Å². The van der Waals surface area contributed by atoms with Gasteiger partial charge in [-0.1, -0.05) is 19.9 Å². The molecule has 4 nitrogen and oxygen atoms in total. The van der Waals surface area contributed by atoms with Gasteiger partial charge in [-0.2, -0.15) is 0 Å². The number of rotatable bonds is 10. The standard InChI is InChI=1S/C20H33NO3/c1-14(2)23-18-10-19(11-18)24-20-7-6-17(12-21-20)9-15(3)8-16(4)13-22-5/h6-7,12,14-16,18-19H,8-11,13H2,1-5H3. The first kappa shape index (κ1) is 19.2. The van der Waals surface area contributed by atoms with Gasteiger partial charge in [0.05, 0.1) is 12.2 Å². The van der Waals surface area contributed by atoms with E-state index in [2.05, 4.69) is 38.7 Å². The van der Waals surface area contributed by atoms with Crippen LogP contribution in [-0.4, -0.2) is 37.0 Å². The zero-order valence-electron chi connectivity index (χ0n) is 15.8. The van der Waals surface area contributed by atoms with E-state index < -0.39 is 0 Å². The molecule has 0 radical (unpaired) electrons. The second kappa shape index (κ2) is 9.38. The number of ether oxygens (including phenoxy) is 3. The van der Waals surface area contributed by atoms with E-state index in [4.69, 9.17) is 14.2 Å². The number of aromatic nitrogens is 1. The lowest BCUT2D eigenvalue weighted by Crippen LogP contribution is -2.40. The minimum atomic E-state index is 0.251. The van der Waals surface area contributed by atoms with E-state index in [9.17, 15) is 0 Å². The molecule has 0 aliphatic heterocycles. The molecule has 0 amide bonds. The van der Waals surface area contributed by atoms with Crippen molar-refractivity contribution in [2.75, 3.05) is 13.7 Å². The third-order valence-corrected chi connectivity index (χ3v) is 4.44. The van der Waals surface area contributed by atoms with Crippen LogP contribution >= 0.6 is 0 Å². The molecule has 1 fully saturated rings. The lowest BCUT2D eigenvalue weighted by atomic mass is 9.91. The molecular weight excluding hydrogens is 302 g/mol. The molecule has 1 aromatic heterocycles. The lowest BCUT2D eigenvalue weighted by molar-refractivity contribution is -0.0859. The van der Waals surface area contributed by atoms with Gasteiger partial charge >= 0.3 is 0 Å². The molecule has 4 heteroatoms. The average Bonchev–Trinajstić information content (AvgIpc) is 2.46. The Labute approximate surface area is 146 Å². The molecule has 0 aromatic carbocycles. The number of nitrogens with zero attached hydrogens (tertiary/aromatic N) is 1. The summed E-state index contributed by atoms with van der Waals surface area (Å²) in [5.41, 5.74) is 1.27. The molecule has 2 atom stereocenters. The van der Waals surface area contributed by atoms with Crippen molar-refractivity contribution in [1.82, 2.24) is 4.98 Å². The fourth-order valence-electron chi connectivity index (χ4n) is 3.41. The summed E-state index contributed by atoms with van der Waals surface area (Å²) >= 11 is 0. The largest absolute Gasteiger partial charge is 0.474 e. The summed E-state index contributed by atoms with van der Waals surface area (Å²) in [6.45, 7) is 9.51. The highest BCUT2D eigenvalue weighted by Crippen LogP contribution is 2.28. The van der Waals surface area contributed by atoms with Crippen molar-refractivity contribution in [3.05, 3.63) is 23.9 Å². The van der Waals surface area contributed by atoms with E-state index in [0.717, 1.165) is 31.7 Å². The minimum Gasteiger partial charge on any atom is -0.474 e. The summed E-state index contributed by atoms with van der Waals surface area (Å²) < 4.78 is 16.9. The molecule has 1 aliphatic carbocycles. The number of hydrogen-bond donors (Lipinski definition) is 0.